The van der Waals surface area contributed by atoms with Crippen molar-refractivity contribution in [3.8, 4) is 11.3 Å². The van der Waals surface area contributed by atoms with E-state index in [2.05, 4.69) is 14.5 Å². The van der Waals surface area contributed by atoms with Crippen molar-refractivity contribution in [2.24, 2.45) is 0 Å². The van der Waals surface area contributed by atoms with Gasteiger partial charge < -0.3 is 15.0 Å². The number of hydrogen-bond donors (Lipinski definition) is 1. The van der Waals surface area contributed by atoms with Crippen LogP contribution in [0.1, 0.15) is 12.8 Å². The third-order valence-corrected chi connectivity index (χ3v) is 3.27. The SMILES string of the molecule is Nc1ccncc1-c1cncn1CC1CCCO1. The minimum Gasteiger partial charge on any atom is -0.398 e. The van der Waals surface area contributed by atoms with E-state index in [4.69, 9.17) is 10.5 Å². The molecule has 5 nitrogen and oxygen atoms in total. The van der Waals surface area contributed by atoms with Crippen LogP contribution in [0.15, 0.2) is 31.0 Å². The molecular weight excluding hydrogens is 228 g/mol. The Bertz CT molecular complexity index is 531. The second kappa shape index (κ2) is 4.78. The normalized spacial score (nSPS) is 19.2. The highest BCUT2D eigenvalue weighted by molar-refractivity contribution is 5.72. The average molecular weight is 244 g/mol. The summed E-state index contributed by atoms with van der Waals surface area (Å²) < 4.78 is 7.74. The van der Waals surface area contributed by atoms with Crippen LogP contribution in [0.3, 0.4) is 0 Å². The fourth-order valence-corrected chi connectivity index (χ4v) is 2.32. The Morgan fingerprint density at radius 2 is 2.33 bits per heavy atom. The van der Waals surface area contributed by atoms with Crippen LogP contribution < -0.4 is 5.73 Å². The molecular formula is C13H16N4O. The Hall–Kier alpha value is -1.88. The maximum absolute atomic E-state index is 5.98. The molecule has 2 N–H and O–H groups in total. The molecule has 1 unspecified atom stereocenters. The van der Waals surface area contributed by atoms with Gasteiger partial charge in [0.2, 0.25) is 0 Å². The standard InChI is InChI=1S/C13H16N4O/c14-12-3-4-15-6-11(12)13-7-16-9-17(13)8-10-2-1-5-18-10/h3-4,6-7,9-10H,1-2,5,8H2,(H2,14,15). The van der Waals surface area contributed by atoms with E-state index in [1.807, 2.05) is 12.5 Å². The van der Waals surface area contributed by atoms with Gasteiger partial charge in [-0.05, 0) is 18.9 Å². The quantitative estimate of drug-likeness (QED) is 0.892. The summed E-state index contributed by atoms with van der Waals surface area (Å²) in [5.41, 5.74) is 8.62. The van der Waals surface area contributed by atoms with E-state index in [1.54, 1.807) is 18.5 Å². The Labute approximate surface area is 106 Å². The van der Waals surface area contributed by atoms with Crippen molar-refractivity contribution >= 4 is 5.69 Å². The molecule has 3 rings (SSSR count). The summed E-state index contributed by atoms with van der Waals surface area (Å²) >= 11 is 0. The molecule has 94 valence electrons. The third kappa shape index (κ3) is 2.09. The summed E-state index contributed by atoms with van der Waals surface area (Å²) in [7, 11) is 0. The van der Waals surface area contributed by atoms with Crippen molar-refractivity contribution in [2.75, 3.05) is 12.3 Å². The first kappa shape index (κ1) is 11.2. The number of ether oxygens (including phenoxy) is 1. The van der Waals surface area contributed by atoms with E-state index < -0.39 is 0 Å². The van der Waals surface area contributed by atoms with Gasteiger partial charge in [-0.25, -0.2) is 4.98 Å². The molecule has 1 aliphatic heterocycles. The molecule has 3 heterocycles. The molecule has 1 saturated heterocycles. The van der Waals surface area contributed by atoms with Crippen LogP contribution in [0.4, 0.5) is 5.69 Å². The van der Waals surface area contributed by atoms with E-state index >= 15 is 0 Å². The largest absolute Gasteiger partial charge is 0.398 e. The van der Waals surface area contributed by atoms with Crippen LogP contribution in [0.2, 0.25) is 0 Å². The number of imidazole rings is 1. The molecule has 0 spiro atoms. The lowest BCUT2D eigenvalue weighted by Crippen LogP contribution is -2.15. The van der Waals surface area contributed by atoms with Gasteiger partial charge in [0.05, 0.1) is 30.9 Å². The summed E-state index contributed by atoms with van der Waals surface area (Å²) in [5, 5.41) is 0. The van der Waals surface area contributed by atoms with Crippen molar-refractivity contribution < 1.29 is 4.74 Å². The lowest BCUT2D eigenvalue weighted by Gasteiger charge is -2.13. The molecule has 1 fully saturated rings. The molecule has 0 bridgehead atoms. The van der Waals surface area contributed by atoms with Crippen molar-refractivity contribution in [1.82, 2.24) is 14.5 Å². The molecule has 0 radical (unpaired) electrons. The lowest BCUT2D eigenvalue weighted by atomic mass is 10.1. The van der Waals surface area contributed by atoms with Gasteiger partial charge >= 0.3 is 0 Å². The zero-order valence-corrected chi connectivity index (χ0v) is 10.1. The third-order valence-electron chi connectivity index (χ3n) is 3.27. The first-order chi connectivity index (χ1) is 8.84. The van der Waals surface area contributed by atoms with E-state index in [9.17, 15) is 0 Å². The first-order valence-electron chi connectivity index (χ1n) is 6.16. The Kier molecular flexibility index (Phi) is 2.98. The van der Waals surface area contributed by atoms with Crippen molar-refractivity contribution in [3.63, 3.8) is 0 Å². The molecule has 0 aromatic carbocycles. The van der Waals surface area contributed by atoms with Crippen LogP contribution in [0.5, 0.6) is 0 Å². The number of pyridine rings is 1. The molecule has 18 heavy (non-hydrogen) atoms. The molecule has 2 aromatic heterocycles. The van der Waals surface area contributed by atoms with E-state index in [-0.39, 0.29) is 6.10 Å². The van der Waals surface area contributed by atoms with E-state index in [0.717, 1.165) is 42.9 Å². The number of nitrogen functional groups attached to an aromatic ring is 1. The Morgan fingerprint density at radius 3 is 3.11 bits per heavy atom. The molecule has 1 atom stereocenters. The van der Waals surface area contributed by atoms with Gasteiger partial charge in [-0.15, -0.1) is 0 Å². The minimum absolute atomic E-state index is 0.288. The smallest absolute Gasteiger partial charge is 0.0951 e. The van der Waals surface area contributed by atoms with Gasteiger partial charge in [-0.2, -0.15) is 0 Å². The highest BCUT2D eigenvalue weighted by atomic mass is 16.5. The van der Waals surface area contributed by atoms with Gasteiger partial charge in [0.15, 0.2) is 0 Å². The van der Waals surface area contributed by atoms with Crippen molar-refractivity contribution in [1.29, 1.82) is 0 Å². The van der Waals surface area contributed by atoms with Gasteiger partial charge in [-0.1, -0.05) is 0 Å². The van der Waals surface area contributed by atoms with Crippen LogP contribution in [-0.2, 0) is 11.3 Å². The fraction of sp³-hybridized carbons (Fsp3) is 0.385. The Morgan fingerprint density at radius 1 is 1.39 bits per heavy atom. The molecule has 5 heteroatoms. The number of nitrogens with two attached hydrogens (primary N) is 1. The molecule has 1 aliphatic rings. The van der Waals surface area contributed by atoms with Crippen LogP contribution in [0.25, 0.3) is 11.3 Å². The van der Waals surface area contributed by atoms with Crippen LogP contribution in [0, 0.1) is 0 Å². The van der Waals surface area contributed by atoms with E-state index in [0.29, 0.717) is 0 Å². The van der Waals surface area contributed by atoms with Crippen molar-refractivity contribution in [2.45, 2.75) is 25.5 Å². The molecule has 2 aromatic rings. The second-order valence-corrected chi connectivity index (χ2v) is 4.53. The van der Waals surface area contributed by atoms with Gasteiger partial charge in [-0.3, -0.25) is 4.98 Å². The van der Waals surface area contributed by atoms with Gasteiger partial charge in [0.1, 0.15) is 0 Å². The van der Waals surface area contributed by atoms with Gasteiger partial charge in [0.25, 0.3) is 0 Å². The number of nitrogens with zero attached hydrogens (tertiary/aromatic N) is 3. The van der Waals surface area contributed by atoms with E-state index in [1.165, 1.54) is 0 Å². The number of hydrogen-bond acceptors (Lipinski definition) is 4. The summed E-state index contributed by atoms with van der Waals surface area (Å²) in [6.07, 6.45) is 9.66. The molecule has 0 aliphatic carbocycles. The zero-order chi connectivity index (χ0) is 12.4. The summed E-state index contributed by atoms with van der Waals surface area (Å²) in [4.78, 5) is 8.33. The predicted molar refractivity (Wildman–Crippen MR) is 68.8 cm³/mol. The highest BCUT2D eigenvalue weighted by Crippen LogP contribution is 2.25. The number of rotatable bonds is 3. The zero-order valence-electron chi connectivity index (χ0n) is 10.1. The maximum atomic E-state index is 5.98. The monoisotopic (exact) mass is 244 g/mol. The Balaban J connectivity index is 1.89. The summed E-state index contributed by atoms with van der Waals surface area (Å²) in [6.45, 7) is 1.69. The number of anilines is 1. The lowest BCUT2D eigenvalue weighted by molar-refractivity contribution is 0.0973. The molecule has 0 saturated carbocycles. The summed E-state index contributed by atoms with van der Waals surface area (Å²) in [6, 6.07) is 1.80. The van der Waals surface area contributed by atoms with Gasteiger partial charge in [0, 0.05) is 30.3 Å². The minimum atomic E-state index is 0.288. The second-order valence-electron chi connectivity index (χ2n) is 4.53. The summed E-state index contributed by atoms with van der Waals surface area (Å²) in [5.74, 6) is 0. The van der Waals surface area contributed by atoms with Crippen molar-refractivity contribution in [3.05, 3.63) is 31.0 Å². The number of aromatic nitrogens is 3. The first-order valence-corrected chi connectivity index (χ1v) is 6.16. The average Bonchev–Trinajstić information content (AvgIpc) is 3.02. The topological polar surface area (TPSA) is 66.0 Å². The highest BCUT2D eigenvalue weighted by Gasteiger charge is 2.18. The molecule has 0 amide bonds. The van der Waals surface area contributed by atoms with Crippen LogP contribution >= 0.6 is 0 Å². The predicted octanol–water partition coefficient (Wildman–Crippen LogP) is 1.71. The fourth-order valence-electron chi connectivity index (χ4n) is 2.32. The maximum Gasteiger partial charge on any atom is 0.0951 e. The van der Waals surface area contributed by atoms with Crippen LogP contribution in [-0.4, -0.2) is 27.2 Å².